The van der Waals surface area contributed by atoms with Crippen molar-refractivity contribution in [2.24, 2.45) is 0 Å². The first-order valence-electron chi connectivity index (χ1n) is 8.01. The molecule has 2 aromatic rings. The second kappa shape index (κ2) is 8.01. The molecule has 0 saturated carbocycles. The lowest BCUT2D eigenvalue weighted by Gasteiger charge is -2.13. The first-order valence-corrected chi connectivity index (χ1v) is 8.83. The number of ether oxygens (including phenoxy) is 1. The topological polar surface area (TPSA) is 67.4 Å². The second-order valence-corrected chi connectivity index (χ2v) is 6.66. The minimum absolute atomic E-state index is 0.297. The molecule has 0 aromatic heterocycles. The van der Waals surface area contributed by atoms with E-state index in [0.29, 0.717) is 18.7 Å². The Balaban J connectivity index is 1.63. The van der Waals surface area contributed by atoms with Crippen LogP contribution in [0.1, 0.15) is 22.3 Å². The Kier molecular flexibility index (Phi) is 5.71. The summed E-state index contributed by atoms with van der Waals surface area (Å²) in [6.07, 6.45) is -4.01. The highest BCUT2D eigenvalue weighted by molar-refractivity contribution is 7.97. The first kappa shape index (κ1) is 19.2. The fourth-order valence-electron chi connectivity index (χ4n) is 2.48. The number of carbonyl (C=O) groups is 2. The predicted octanol–water partition coefficient (Wildman–Crippen LogP) is 3.87. The van der Waals surface area contributed by atoms with Crippen LogP contribution in [0.4, 0.5) is 18.9 Å². The molecule has 1 heterocycles. The number of anilines is 1. The van der Waals surface area contributed by atoms with Gasteiger partial charge in [-0.05, 0) is 48.3 Å². The van der Waals surface area contributed by atoms with E-state index in [2.05, 4.69) is 10.0 Å². The molecule has 1 fully saturated rings. The van der Waals surface area contributed by atoms with Gasteiger partial charge in [-0.15, -0.1) is 0 Å². The molecular formula is C18H15F3N2O3S. The number of nitrogens with one attached hydrogen (secondary N) is 2. The number of hydrogen-bond acceptors (Lipinski definition) is 5. The van der Waals surface area contributed by atoms with Crippen molar-refractivity contribution in [1.82, 2.24) is 4.72 Å². The van der Waals surface area contributed by atoms with Crippen molar-refractivity contribution >= 4 is 29.5 Å². The van der Waals surface area contributed by atoms with Crippen molar-refractivity contribution in [3.8, 4) is 0 Å². The van der Waals surface area contributed by atoms with Gasteiger partial charge in [-0.25, -0.2) is 4.72 Å². The number of carbonyl (C=O) groups excluding carboxylic acids is 2. The van der Waals surface area contributed by atoms with Gasteiger partial charge in [0.2, 0.25) is 0 Å². The average molecular weight is 396 g/mol. The number of halogens is 3. The second-order valence-electron chi connectivity index (χ2n) is 5.75. The monoisotopic (exact) mass is 396 g/mol. The lowest BCUT2D eigenvalue weighted by atomic mass is 10.1. The Labute approximate surface area is 157 Å². The summed E-state index contributed by atoms with van der Waals surface area (Å²) in [6, 6.07) is 10.8. The van der Waals surface area contributed by atoms with Gasteiger partial charge in [-0.1, -0.05) is 12.1 Å². The summed E-state index contributed by atoms with van der Waals surface area (Å²) in [7, 11) is 0. The molecule has 1 unspecified atom stereocenters. The fraction of sp³-hybridized carbons (Fsp3) is 0.222. The normalized spacial score (nSPS) is 16.9. The van der Waals surface area contributed by atoms with Crippen molar-refractivity contribution in [2.75, 3.05) is 11.9 Å². The van der Waals surface area contributed by atoms with Gasteiger partial charge >= 0.3 is 12.1 Å². The molecule has 142 valence electrons. The summed E-state index contributed by atoms with van der Waals surface area (Å²) < 4.78 is 46.9. The number of benzene rings is 2. The SMILES string of the molecule is O=C(Nc1ccc(SNC2CCOC2=O)cc1)c1ccccc1C(F)(F)F. The average Bonchev–Trinajstić information content (AvgIpc) is 3.05. The minimum Gasteiger partial charge on any atom is -0.464 e. The van der Waals surface area contributed by atoms with E-state index in [4.69, 9.17) is 4.74 Å². The molecule has 5 nitrogen and oxygen atoms in total. The smallest absolute Gasteiger partial charge is 0.417 e. The van der Waals surface area contributed by atoms with Gasteiger partial charge < -0.3 is 10.1 Å². The Bertz CT molecular complexity index is 840. The van der Waals surface area contributed by atoms with Crippen LogP contribution in [0.15, 0.2) is 53.4 Å². The Morgan fingerprint density at radius 3 is 2.44 bits per heavy atom. The Morgan fingerprint density at radius 2 is 1.81 bits per heavy atom. The van der Waals surface area contributed by atoms with Crippen LogP contribution >= 0.6 is 11.9 Å². The van der Waals surface area contributed by atoms with E-state index in [1.165, 1.54) is 24.1 Å². The van der Waals surface area contributed by atoms with Crippen LogP contribution in [0.5, 0.6) is 0 Å². The van der Waals surface area contributed by atoms with E-state index < -0.39 is 23.2 Å². The van der Waals surface area contributed by atoms with E-state index >= 15 is 0 Å². The van der Waals surface area contributed by atoms with Crippen LogP contribution < -0.4 is 10.0 Å². The molecular weight excluding hydrogens is 381 g/mol. The maximum absolute atomic E-state index is 13.0. The highest BCUT2D eigenvalue weighted by Gasteiger charge is 2.34. The molecule has 0 radical (unpaired) electrons. The van der Waals surface area contributed by atoms with Crippen molar-refractivity contribution in [3.05, 3.63) is 59.7 Å². The quantitative estimate of drug-likeness (QED) is 0.593. The zero-order valence-corrected chi connectivity index (χ0v) is 14.7. The Morgan fingerprint density at radius 1 is 1.11 bits per heavy atom. The molecule has 0 spiro atoms. The molecule has 2 aromatic carbocycles. The van der Waals surface area contributed by atoms with Gasteiger partial charge in [0.1, 0.15) is 6.04 Å². The number of hydrogen-bond donors (Lipinski definition) is 2. The number of esters is 1. The third-order valence-corrected chi connectivity index (χ3v) is 4.75. The minimum atomic E-state index is -4.61. The summed E-state index contributed by atoms with van der Waals surface area (Å²) in [5.74, 6) is -1.13. The molecule has 27 heavy (non-hydrogen) atoms. The van der Waals surface area contributed by atoms with Gasteiger partial charge in [0.25, 0.3) is 5.91 Å². The summed E-state index contributed by atoms with van der Waals surface area (Å²) in [5, 5.41) is 2.46. The van der Waals surface area contributed by atoms with Crippen molar-refractivity contribution in [2.45, 2.75) is 23.5 Å². The lowest BCUT2D eigenvalue weighted by molar-refractivity contribution is -0.139. The van der Waals surface area contributed by atoms with Crippen LogP contribution in [-0.4, -0.2) is 24.5 Å². The third kappa shape index (κ3) is 4.81. The molecule has 0 bridgehead atoms. The third-order valence-electron chi connectivity index (χ3n) is 3.84. The molecule has 0 aliphatic carbocycles. The van der Waals surface area contributed by atoms with E-state index in [1.807, 2.05) is 0 Å². The van der Waals surface area contributed by atoms with Crippen LogP contribution in [0.2, 0.25) is 0 Å². The summed E-state index contributed by atoms with van der Waals surface area (Å²) in [5.41, 5.74) is -1.06. The molecule has 9 heteroatoms. The molecule has 1 amide bonds. The number of cyclic esters (lactones) is 1. The standard InChI is InChI=1S/C18H15F3N2O3S/c19-18(20,21)14-4-2-1-3-13(14)16(24)22-11-5-7-12(8-6-11)27-23-15-9-10-26-17(15)25/h1-8,15,23H,9-10H2,(H,22,24). The highest BCUT2D eigenvalue weighted by atomic mass is 32.2. The molecule has 1 aliphatic rings. The van der Waals surface area contributed by atoms with E-state index in [-0.39, 0.29) is 12.0 Å². The molecule has 1 atom stereocenters. The van der Waals surface area contributed by atoms with Gasteiger partial charge in [0.05, 0.1) is 17.7 Å². The number of rotatable bonds is 5. The van der Waals surface area contributed by atoms with Gasteiger partial charge in [-0.3, -0.25) is 9.59 Å². The first-order chi connectivity index (χ1) is 12.8. The fourth-order valence-corrected chi connectivity index (χ4v) is 3.24. The maximum atomic E-state index is 13.0. The van der Waals surface area contributed by atoms with E-state index in [0.717, 1.165) is 17.0 Å². The zero-order valence-electron chi connectivity index (χ0n) is 13.9. The van der Waals surface area contributed by atoms with Crippen LogP contribution in [0.3, 0.4) is 0 Å². The zero-order chi connectivity index (χ0) is 19.4. The molecule has 2 N–H and O–H groups in total. The van der Waals surface area contributed by atoms with Crippen molar-refractivity contribution in [3.63, 3.8) is 0 Å². The van der Waals surface area contributed by atoms with Crippen LogP contribution in [-0.2, 0) is 15.7 Å². The Hall–Kier alpha value is -2.52. The van der Waals surface area contributed by atoms with Crippen LogP contribution in [0.25, 0.3) is 0 Å². The lowest BCUT2D eigenvalue weighted by Crippen LogP contribution is -2.27. The van der Waals surface area contributed by atoms with Crippen molar-refractivity contribution < 1.29 is 27.5 Å². The number of alkyl halides is 3. The van der Waals surface area contributed by atoms with Gasteiger partial charge in [0, 0.05) is 17.0 Å². The van der Waals surface area contributed by atoms with Crippen LogP contribution in [0, 0.1) is 0 Å². The van der Waals surface area contributed by atoms with Gasteiger partial charge in [-0.2, -0.15) is 13.2 Å². The maximum Gasteiger partial charge on any atom is 0.417 e. The van der Waals surface area contributed by atoms with Gasteiger partial charge in [0.15, 0.2) is 0 Å². The predicted molar refractivity (Wildman–Crippen MR) is 94.2 cm³/mol. The summed E-state index contributed by atoms with van der Waals surface area (Å²) >= 11 is 1.24. The van der Waals surface area contributed by atoms with E-state index in [9.17, 15) is 22.8 Å². The molecule has 1 aliphatic heterocycles. The highest BCUT2D eigenvalue weighted by Crippen LogP contribution is 2.32. The summed E-state index contributed by atoms with van der Waals surface area (Å²) in [6.45, 7) is 0.390. The van der Waals surface area contributed by atoms with E-state index in [1.54, 1.807) is 24.3 Å². The number of amides is 1. The largest absolute Gasteiger partial charge is 0.464 e. The summed E-state index contributed by atoms with van der Waals surface area (Å²) in [4.78, 5) is 24.4. The molecule has 1 saturated heterocycles. The van der Waals surface area contributed by atoms with Crippen molar-refractivity contribution in [1.29, 1.82) is 0 Å². The molecule has 3 rings (SSSR count).